The molecule has 0 radical (unpaired) electrons. The van der Waals surface area contributed by atoms with Gasteiger partial charge in [0.15, 0.2) is 0 Å². The second-order valence-electron chi connectivity index (χ2n) is 5.60. The highest BCUT2D eigenvalue weighted by molar-refractivity contribution is 5.15. The molecule has 19 heavy (non-hydrogen) atoms. The Kier molecular flexibility index (Phi) is 5.64. The lowest BCUT2D eigenvalue weighted by Gasteiger charge is -2.27. The molecule has 3 heteroatoms. The van der Waals surface area contributed by atoms with Gasteiger partial charge in [0.05, 0.1) is 12.8 Å². The predicted octanol–water partition coefficient (Wildman–Crippen LogP) is 3.40. The molecule has 0 atom stereocenters. The lowest BCUT2D eigenvalue weighted by Crippen LogP contribution is -2.26. The quantitative estimate of drug-likeness (QED) is 0.853. The molecule has 1 aliphatic rings. The van der Waals surface area contributed by atoms with E-state index in [9.17, 15) is 0 Å². The van der Waals surface area contributed by atoms with E-state index in [1.54, 1.807) is 7.11 Å². The molecule has 0 saturated heterocycles. The molecular formula is C16H26N2O. The molecule has 2 rings (SSSR count). The standard InChI is InChI=1S/C16H26N2O/c1-3-13-7-9-14(10-8-13)11-17-12-15-5-4-6-16(18-15)19-2/h4-6,13-14,17H,3,7-12H2,1-2H3. The Morgan fingerprint density at radius 3 is 2.63 bits per heavy atom. The molecule has 1 N–H and O–H groups in total. The highest BCUT2D eigenvalue weighted by Crippen LogP contribution is 2.30. The Balaban J connectivity index is 1.69. The van der Waals surface area contributed by atoms with Crippen molar-refractivity contribution in [1.82, 2.24) is 10.3 Å². The summed E-state index contributed by atoms with van der Waals surface area (Å²) >= 11 is 0. The molecule has 3 nitrogen and oxygen atoms in total. The Morgan fingerprint density at radius 2 is 1.95 bits per heavy atom. The predicted molar refractivity (Wildman–Crippen MR) is 78.2 cm³/mol. The molecule has 0 spiro atoms. The number of ether oxygens (including phenoxy) is 1. The molecule has 1 saturated carbocycles. The first-order chi connectivity index (χ1) is 9.31. The summed E-state index contributed by atoms with van der Waals surface area (Å²) in [5.74, 6) is 2.53. The van der Waals surface area contributed by atoms with Gasteiger partial charge < -0.3 is 10.1 Å². The van der Waals surface area contributed by atoms with E-state index in [2.05, 4.69) is 17.2 Å². The molecular weight excluding hydrogens is 236 g/mol. The van der Waals surface area contributed by atoms with Crippen LogP contribution in [0.15, 0.2) is 18.2 Å². The third kappa shape index (κ3) is 4.50. The average Bonchev–Trinajstić information content (AvgIpc) is 2.48. The van der Waals surface area contributed by atoms with Crippen molar-refractivity contribution in [2.75, 3.05) is 13.7 Å². The number of rotatable bonds is 6. The van der Waals surface area contributed by atoms with Gasteiger partial charge in [-0.05, 0) is 37.3 Å². The first-order valence-electron chi connectivity index (χ1n) is 7.52. The summed E-state index contributed by atoms with van der Waals surface area (Å²) in [5.41, 5.74) is 1.06. The largest absolute Gasteiger partial charge is 0.481 e. The summed E-state index contributed by atoms with van der Waals surface area (Å²) in [5, 5.41) is 3.54. The number of hydrogen-bond acceptors (Lipinski definition) is 3. The van der Waals surface area contributed by atoms with E-state index in [0.29, 0.717) is 5.88 Å². The van der Waals surface area contributed by atoms with Crippen molar-refractivity contribution < 1.29 is 4.74 Å². The van der Waals surface area contributed by atoms with Crippen LogP contribution in [0.1, 0.15) is 44.7 Å². The summed E-state index contributed by atoms with van der Waals surface area (Å²) in [6.45, 7) is 4.28. The molecule has 1 aromatic heterocycles. The lowest BCUT2D eigenvalue weighted by atomic mass is 9.81. The highest BCUT2D eigenvalue weighted by Gasteiger charge is 2.19. The fraction of sp³-hybridized carbons (Fsp3) is 0.688. The second-order valence-corrected chi connectivity index (χ2v) is 5.60. The number of methoxy groups -OCH3 is 1. The van der Waals surface area contributed by atoms with Crippen molar-refractivity contribution in [2.24, 2.45) is 11.8 Å². The summed E-state index contributed by atoms with van der Waals surface area (Å²) in [4.78, 5) is 4.41. The van der Waals surface area contributed by atoms with Crippen LogP contribution in [-0.2, 0) is 6.54 Å². The molecule has 1 heterocycles. The maximum atomic E-state index is 5.14. The van der Waals surface area contributed by atoms with E-state index in [0.717, 1.165) is 30.6 Å². The van der Waals surface area contributed by atoms with Crippen LogP contribution >= 0.6 is 0 Å². The highest BCUT2D eigenvalue weighted by atomic mass is 16.5. The van der Waals surface area contributed by atoms with Gasteiger partial charge in [0.25, 0.3) is 0 Å². The van der Waals surface area contributed by atoms with E-state index in [1.807, 2.05) is 18.2 Å². The fourth-order valence-corrected chi connectivity index (χ4v) is 2.92. The molecule has 1 aromatic rings. The van der Waals surface area contributed by atoms with E-state index >= 15 is 0 Å². The summed E-state index contributed by atoms with van der Waals surface area (Å²) < 4.78 is 5.14. The SMILES string of the molecule is CCC1CCC(CNCc2cccc(OC)n2)CC1. The number of hydrogen-bond donors (Lipinski definition) is 1. The maximum absolute atomic E-state index is 5.14. The van der Waals surface area contributed by atoms with Gasteiger partial charge in [0.2, 0.25) is 5.88 Å². The molecule has 0 unspecified atom stereocenters. The van der Waals surface area contributed by atoms with Crippen LogP contribution in [0.2, 0.25) is 0 Å². The zero-order valence-corrected chi connectivity index (χ0v) is 12.2. The monoisotopic (exact) mass is 262 g/mol. The van der Waals surface area contributed by atoms with Gasteiger partial charge in [-0.1, -0.05) is 32.3 Å². The molecule has 0 aromatic carbocycles. The second kappa shape index (κ2) is 7.49. The average molecular weight is 262 g/mol. The van der Waals surface area contributed by atoms with Crippen LogP contribution in [0.4, 0.5) is 0 Å². The van der Waals surface area contributed by atoms with Crippen molar-refractivity contribution >= 4 is 0 Å². The fourth-order valence-electron chi connectivity index (χ4n) is 2.92. The first-order valence-corrected chi connectivity index (χ1v) is 7.52. The normalized spacial score (nSPS) is 23.3. The summed E-state index contributed by atoms with van der Waals surface area (Å²) in [6.07, 6.45) is 6.96. The van der Waals surface area contributed by atoms with E-state index in [-0.39, 0.29) is 0 Å². The molecule has 106 valence electrons. The lowest BCUT2D eigenvalue weighted by molar-refractivity contribution is 0.262. The van der Waals surface area contributed by atoms with Crippen molar-refractivity contribution in [1.29, 1.82) is 0 Å². The zero-order valence-electron chi connectivity index (χ0n) is 12.2. The van der Waals surface area contributed by atoms with Gasteiger partial charge in [-0.2, -0.15) is 0 Å². The summed E-state index contributed by atoms with van der Waals surface area (Å²) in [6, 6.07) is 5.92. The van der Waals surface area contributed by atoms with Crippen LogP contribution < -0.4 is 10.1 Å². The number of pyridine rings is 1. The van der Waals surface area contributed by atoms with Crippen molar-refractivity contribution in [3.63, 3.8) is 0 Å². The van der Waals surface area contributed by atoms with Crippen LogP contribution in [0.5, 0.6) is 5.88 Å². The third-order valence-electron chi connectivity index (χ3n) is 4.27. The van der Waals surface area contributed by atoms with Gasteiger partial charge in [-0.15, -0.1) is 0 Å². The molecule has 1 aliphatic carbocycles. The minimum Gasteiger partial charge on any atom is -0.481 e. The zero-order chi connectivity index (χ0) is 13.5. The Labute approximate surface area is 116 Å². The topological polar surface area (TPSA) is 34.1 Å². The molecule has 0 aliphatic heterocycles. The Bertz CT molecular complexity index is 373. The van der Waals surface area contributed by atoms with Gasteiger partial charge in [0, 0.05) is 12.6 Å². The minimum atomic E-state index is 0.697. The third-order valence-corrected chi connectivity index (χ3v) is 4.27. The van der Waals surface area contributed by atoms with Gasteiger partial charge in [-0.3, -0.25) is 0 Å². The molecule has 0 amide bonds. The van der Waals surface area contributed by atoms with Crippen LogP contribution in [0, 0.1) is 11.8 Å². The van der Waals surface area contributed by atoms with Crippen molar-refractivity contribution in [3.8, 4) is 5.88 Å². The summed E-state index contributed by atoms with van der Waals surface area (Å²) in [7, 11) is 1.66. The first kappa shape index (κ1) is 14.3. The van der Waals surface area contributed by atoms with Gasteiger partial charge >= 0.3 is 0 Å². The van der Waals surface area contributed by atoms with Gasteiger partial charge in [-0.25, -0.2) is 4.98 Å². The van der Waals surface area contributed by atoms with E-state index in [4.69, 9.17) is 4.74 Å². The van der Waals surface area contributed by atoms with Crippen LogP contribution in [0.25, 0.3) is 0 Å². The molecule has 0 bridgehead atoms. The van der Waals surface area contributed by atoms with Crippen LogP contribution in [-0.4, -0.2) is 18.6 Å². The number of aromatic nitrogens is 1. The van der Waals surface area contributed by atoms with Crippen LogP contribution in [0.3, 0.4) is 0 Å². The van der Waals surface area contributed by atoms with Crippen molar-refractivity contribution in [2.45, 2.75) is 45.6 Å². The van der Waals surface area contributed by atoms with E-state index < -0.39 is 0 Å². The maximum Gasteiger partial charge on any atom is 0.213 e. The minimum absolute atomic E-state index is 0.697. The smallest absolute Gasteiger partial charge is 0.213 e. The number of nitrogens with one attached hydrogen (secondary N) is 1. The number of nitrogens with zero attached hydrogens (tertiary/aromatic N) is 1. The Morgan fingerprint density at radius 1 is 1.21 bits per heavy atom. The Hall–Kier alpha value is -1.09. The van der Waals surface area contributed by atoms with Gasteiger partial charge in [0.1, 0.15) is 0 Å². The van der Waals surface area contributed by atoms with E-state index in [1.165, 1.54) is 32.1 Å². The van der Waals surface area contributed by atoms with Crippen molar-refractivity contribution in [3.05, 3.63) is 23.9 Å². The molecule has 1 fully saturated rings.